The summed E-state index contributed by atoms with van der Waals surface area (Å²) in [5, 5.41) is 0. The maximum atomic E-state index is 5.96. The third-order valence-electron chi connectivity index (χ3n) is 3.32. The average Bonchev–Trinajstić information content (AvgIpc) is 2.35. The molecule has 0 aliphatic heterocycles. The number of methoxy groups -OCH3 is 2. The molecule has 1 rings (SSSR count). The maximum absolute atomic E-state index is 5.96. The van der Waals surface area contributed by atoms with E-state index in [-0.39, 0.29) is 12.1 Å². The summed E-state index contributed by atoms with van der Waals surface area (Å²) in [6.07, 6.45) is 0.871. The van der Waals surface area contributed by atoms with E-state index in [2.05, 4.69) is 25.1 Å². The predicted molar refractivity (Wildman–Crippen MR) is 79.0 cm³/mol. The van der Waals surface area contributed by atoms with Gasteiger partial charge in [0, 0.05) is 17.6 Å². The highest BCUT2D eigenvalue weighted by molar-refractivity contribution is 5.47. The summed E-state index contributed by atoms with van der Waals surface area (Å²) in [4.78, 5) is 2.16. The zero-order chi connectivity index (χ0) is 14.6. The van der Waals surface area contributed by atoms with Crippen LogP contribution in [0.1, 0.15) is 30.5 Å². The molecule has 0 saturated heterocycles. The highest BCUT2D eigenvalue weighted by atomic mass is 16.5. The van der Waals surface area contributed by atoms with Gasteiger partial charge in [0.05, 0.1) is 14.2 Å². The molecule has 2 atom stereocenters. The van der Waals surface area contributed by atoms with Gasteiger partial charge in [-0.25, -0.2) is 0 Å². The van der Waals surface area contributed by atoms with Crippen LogP contribution in [-0.4, -0.2) is 39.3 Å². The zero-order valence-electron chi connectivity index (χ0n) is 12.9. The van der Waals surface area contributed by atoms with Crippen molar-refractivity contribution in [2.24, 2.45) is 5.73 Å². The fourth-order valence-electron chi connectivity index (χ4n) is 2.30. The largest absolute Gasteiger partial charge is 0.496 e. The molecule has 2 unspecified atom stereocenters. The van der Waals surface area contributed by atoms with Gasteiger partial charge in [-0.15, -0.1) is 0 Å². The molecule has 0 spiro atoms. The summed E-state index contributed by atoms with van der Waals surface area (Å²) in [7, 11) is 7.50. The van der Waals surface area contributed by atoms with Crippen LogP contribution in [0.5, 0.6) is 11.5 Å². The second kappa shape index (κ2) is 6.78. The number of ether oxygens (including phenoxy) is 2. The SMILES string of the molecule is COc1cc(C(CC(C)N)N(C)C)c(OC)cc1C. The Labute approximate surface area is 116 Å². The highest BCUT2D eigenvalue weighted by Gasteiger charge is 2.21. The number of hydrogen-bond donors (Lipinski definition) is 1. The number of hydrogen-bond acceptors (Lipinski definition) is 4. The lowest BCUT2D eigenvalue weighted by Crippen LogP contribution is -2.27. The third-order valence-corrected chi connectivity index (χ3v) is 3.32. The van der Waals surface area contributed by atoms with Gasteiger partial charge >= 0.3 is 0 Å². The Hall–Kier alpha value is -1.26. The van der Waals surface area contributed by atoms with Gasteiger partial charge in [-0.1, -0.05) is 0 Å². The molecule has 2 N–H and O–H groups in total. The lowest BCUT2D eigenvalue weighted by molar-refractivity contribution is 0.263. The number of rotatable bonds is 6. The first-order valence-corrected chi connectivity index (χ1v) is 6.55. The predicted octanol–water partition coefficient (Wildman–Crippen LogP) is 2.35. The molecule has 0 saturated carbocycles. The van der Waals surface area contributed by atoms with Crippen LogP contribution in [0.3, 0.4) is 0 Å². The summed E-state index contributed by atoms with van der Waals surface area (Å²) in [5.74, 6) is 1.77. The van der Waals surface area contributed by atoms with Gasteiger partial charge < -0.3 is 20.1 Å². The molecule has 0 aliphatic carbocycles. The average molecular weight is 266 g/mol. The number of nitrogens with zero attached hydrogens (tertiary/aromatic N) is 1. The normalized spacial score (nSPS) is 14.3. The Bertz CT molecular complexity index is 417. The van der Waals surface area contributed by atoms with Crippen molar-refractivity contribution in [1.29, 1.82) is 0 Å². The van der Waals surface area contributed by atoms with E-state index >= 15 is 0 Å². The summed E-state index contributed by atoms with van der Waals surface area (Å²) in [6, 6.07) is 4.42. The standard InChI is InChI=1S/C15H26N2O2/c1-10-7-15(19-6)12(9-14(10)18-5)13(17(3)4)8-11(2)16/h7,9,11,13H,8,16H2,1-6H3. The van der Waals surface area contributed by atoms with E-state index in [1.807, 2.05) is 19.9 Å². The van der Waals surface area contributed by atoms with E-state index in [1.54, 1.807) is 14.2 Å². The Morgan fingerprint density at radius 3 is 2.16 bits per heavy atom. The van der Waals surface area contributed by atoms with Gasteiger partial charge in [-0.05, 0) is 52.1 Å². The molecule has 1 aromatic carbocycles. The van der Waals surface area contributed by atoms with Crippen LogP contribution < -0.4 is 15.2 Å². The lowest BCUT2D eigenvalue weighted by Gasteiger charge is -2.28. The molecule has 19 heavy (non-hydrogen) atoms. The molecule has 0 aromatic heterocycles. The quantitative estimate of drug-likeness (QED) is 0.858. The van der Waals surface area contributed by atoms with E-state index in [0.717, 1.165) is 29.0 Å². The summed E-state index contributed by atoms with van der Waals surface area (Å²) < 4.78 is 10.9. The van der Waals surface area contributed by atoms with Crippen molar-refractivity contribution in [2.45, 2.75) is 32.4 Å². The topological polar surface area (TPSA) is 47.7 Å². The van der Waals surface area contributed by atoms with Crippen LogP contribution >= 0.6 is 0 Å². The van der Waals surface area contributed by atoms with Crippen LogP contribution in [0.25, 0.3) is 0 Å². The molecule has 0 radical (unpaired) electrons. The fourth-order valence-corrected chi connectivity index (χ4v) is 2.30. The van der Waals surface area contributed by atoms with Gasteiger partial charge in [0.15, 0.2) is 0 Å². The smallest absolute Gasteiger partial charge is 0.124 e. The molecule has 0 amide bonds. The van der Waals surface area contributed by atoms with Gasteiger partial charge in [0.25, 0.3) is 0 Å². The Kier molecular flexibility index (Phi) is 5.63. The molecule has 4 heteroatoms. The summed E-state index contributed by atoms with van der Waals surface area (Å²) in [6.45, 7) is 4.04. The molecular weight excluding hydrogens is 240 g/mol. The van der Waals surface area contributed by atoms with E-state index < -0.39 is 0 Å². The monoisotopic (exact) mass is 266 g/mol. The molecule has 108 valence electrons. The van der Waals surface area contributed by atoms with Crippen molar-refractivity contribution >= 4 is 0 Å². The van der Waals surface area contributed by atoms with Gasteiger partial charge in [-0.3, -0.25) is 0 Å². The molecule has 0 aliphatic rings. The van der Waals surface area contributed by atoms with E-state index in [9.17, 15) is 0 Å². The molecular formula is C15H26N2O2. The Morgan fingerprint density at radius 2 is 1.74 bits per heavy atom. The van der Waals surface area contributed by atoms with E-state index in [0.29, 0.717) is 0 Å². The van der Waals surface area contributed by atoms with Crippen LogP contribution in [0, 0.1) is 6.92 Å². The van der Waals surface area contributed by atoms with Crippen molar-refractivity contribution in [1.82, 2.24) is 4.90 Å². The first-order chi connectivity index (χ1) is 8.90. The van der Waals surface area contributed by atoms with Crippen LogP contribution in [0.2, 0.25) is 0 Å². The van der Waals surface area contributed by atoms with Crippen molar-refractivity contribution in [3.63, 3.8) is 0 Å². The van der Waals surface area contributed by atoms with Gasteiger partial charge in [-0.2, -0.15) is 0 Å². The first-order valence-electron chi connectivity index (χ1n) is 6.55. The number of nitrogens with two attached hydrogens (primary N) is 1. The minimum absolute atomic E-state index is 0.129. The highest BCUT2D eigenvalue weighted by Crippen LogP contribution is 2.36. The Balaban J connectivity index is 3.27. The second-order valence-electron chi connectivity index (χ2n) is 5.26. The first kappa shape index (κ1) is 15.8. The molecule has 0 bridgehead atoms. The van der Waals surface area contributed by atoms with Crippen LogP contribution in [0.4, 0.5) is 0 Å². The molecule has 1 aromatic rings. The summed E-state index contributed by atoms with van der Waals surface area (Å²) >= 11 is 0. The van der Waals surface area contributed by atoms with Crippen molar-refractivity contribution in [3.8, 4) is 11.5 Å². The minimum Gasteiger partial charge on any atom is -0.496 e. The van der Waals surface area contributed by atoms with E-state index in [1.165, 1.54) is 0 Å². The van der Waals surface area contributed by atoms with Gasteiger partial charge in [0.2, 0.25) is 0 Å². The molecule has 4 nitrogen and oxygen atoms in total. The molecule has 0 fully saturated rings. The van der Waals surface area contributed by atoms with Gasteiger partial charge in [0.1, 0.15) is 11.5 Å². The zero-order valence-corrected chi connectivity index (χ0v) is 12.9. The van der Waals surface area contributed by atoms with Crippen LogP contribution in [-0.2, 0) is 0 Å². The number of benzene rings is 1. The third kappa shape index (κ3) is 3.85. The Morgan fingerprint density at radius 1 is 1.16 bits per heavy atom. The van der Waals surface area contributed by atoms with E-state index in [4.69, 9.17) is 15.2 Å². The van der Waals surface area contributed by atoms with Crippen molar-refractivity contribution in [2.75, 3.05) is 28.3 Å². The van der Waals surface area contributed by atoms with Crippen LogP contribution in [0.15, 0.2) is 12.1 Å². The molecule has 0 heterocycles. The minimum atomic E-state index is 0.129. The maximum Gasteiger partial charge on any atom is 0.124 e. The summed E-state index contributed by atoms with van der Waals surface area (Å²) in [5.41, 5.74) is 8.15. The fraction of sp³-hybridized carbons (Fsp3) is 0.600. The number of aryl methyl sites for hydroxylation is 1. The van der Waals surface area contributed by atoms with Crippen molar-refractivity contribution < 1.29 is 9.47 Å². The van der Waals surface area contributed by atoms with Crippen molar-refractivity contribution in [3.05, 3.63) is 23.3 Å². The lowest BCUT2D eigenvalue weighted by atomic mass is 9.96. The second-order valence-corrected chi connectivity index (χ2v) is 5.26.